The molecule has 2 aliphatic rings. The highest BCUT2D eigenvalue weighted by atomic mass is 35.5. The van der Waals surface area contributed by atoms with Gasteiger partial charge in [-0.1, -0.05) is 19.7 Å². The third-order valence-electron chi connectivity index (χ3n) is 5.60. The Morgan fingerprint density at radius 3 is 2.67 bits per heavy atom. The van der Waals surface area contributed by atoms with Gasteiger partial charge in [-0.3, -0.25) is 0 Å². The average Bonchev–Trinajstić information content (AvgIpc) is 3.16. The van der Waals surface area contributed by atoms with Crippen molar-refractivity contribution in [1.29, 1.82) is 0 Å². The van der Waals surface area contributed by atoms with Crippen LogP contribution in [0.5, 0.6) is 0 Å². The first kappa shape index (κ1) is 18.8. The van der Waals surface area contributed by atoms with Gasteiger partial charge in [0.2, 0.25) is 5.28 Å². The van der Waals surface area contributed by atoms with Crippen LogP contribution >= 0.6 is 11.6 Å². The second-order valence-electron chi connectivity index (χ2n) is 8.01. The van der Waals surface area contributed by atoms with Crippen LogP contribution in [0.4, 0.5) is 5.82 Å². The Balaban J connectivity index is 1.72. The number of fused-ring (bicyclic) bond motifs is 1. The fourth-order valence-electron chi connectivity index (χ4n) is 3.69. The van der Waals surface area contributed by atoms with Crippen molar-refractivity contribution < 1.29 is 14.9 Å². The number of hydrogen-bond donors (Lipinski definition) is 2. The first-order valence-corrected chi connectivity index (χ1v) is 12.9. The van der Waals surface area contributed by atoms with E-state index in [2.05, 4.69) is 39.6 Å². The van der Waals surface area contributed by atoms with E-state index < -0.39 is 26.5 Å². The van der Waals surface area contributed by atoms with E-state index in [1.165, 1.54) is 16.8 Å². The lowest BCUT2D eigenvalue weighted by Crippen LogP contribution is -2.43. The van der Waals surface area contributed by atoms with Crippen LogP contribution in [-0.4, -0.2) is 69.9 Å². The standard InChI is InChI=1S/C17H24ClN5O3Si/c1-10-12(9-24)26-16(13(10)25)23-15-11(8-19-23)14(20-17(18)21-15)22-4-6-27(2,3)7-5-22/h8,12-13,16,24-25H,1,4-7,9H2,2-3H3/t12-,13-,16-/m1/s1. The summed E-state index contributed by atoms with van der Waals surface area (Å²) < 4.78 is 7.23. The third kappa shape index (κ3) is 3.27. The van der Waals surface area contributed by atoms with Gasteiger partial charge in [-0.15, -0.1) is 0 Å². The number of nitrogens with zero attached hydrogens (tertiary/aromatic N) is 5. The highest BCUT2D eigenvalue weighted by molar-refractivity contribution is 6.77. The number of anilines is 1. The van der Waals surface area contributed by atoms with Crippen LogP contribution in [0.2, 0.25) is 30.5 Å². The van der Waals surface area contributed by atoms with Gasteiger partial charge >= 0.3 is 0 Å². The SMILES string of the molecule is C=C1[C@@H](O)[C@H](n2ncc3c(N4CC[Si](C)(C)CC4)nc(Cl)nc32)O[C@@H]1CO. The molecule has 0 aliphatic carbocycles. The van der Waals surface area contributed by atoms with Crippen molar-refractivity contribution in [2.45, 2.75) is 43.6 Å². The van der Waals surface area contributed by atoms with Crippen LogP contribution in [0.25, 0.3) is 11.0 Å². The number of ether oxygens (including phenoxy) is 1. The molecule has 0 unspecified atom stereocenters. The molecule has 0 radical (unpaired) electrons. The van der Waals surface area contributed by atoms with Crippen molar-refractivity contribution in [3.8, 4) is 0 Å². The number of aliphatic hydroxyl groups is 2. The van der Waals surface area contributed by atoms with E-state index in [0.717, 1.165) is 24.3 Å². The van der Waals surface area contributed by atoms with E-state index >= 15 is 0 Å². The molecule has 3 atom stereocenters. The monoisotopic (exact) mass is 409 g/mol. The van der Waals surface area contributed by atoms with Crippen LogP contribution in [0.3, 0.4) is 0 Å². The minimum absolute atomic E-state index is 0.131. The van der Waals surface area contributed by atoms with Crippen molar-refractivity contribution in [1.82, 2.24) is 19.7 Å². The molecule has 2 aromatic heterocycles. The number of aromatic nitrogens is 4. The molecule has 0 amide bonds. The van der Waals surface area contributed by atoms with E-state index in [9.17, 15) is 10.2 Å². The molecule has 2 aliphatic heterocycles. The van der Waals surface area contributed by atoms with Crippen LogP contribution in [-0.2, 0) is 4.74 Å². The zero-order valence-corrected chi connectivity index (χ0v) is 17.2. The highest BCUT2D eigenvalue weighted by Gasteiger charge is 2.40. The van der Waals surface area contributed by atoms with Gasteiger partial charge in [0.25, 0.3) is 0 Å². The number of aliphatic hydroxyl groups excluding tert-OH is 2. The van der Waals surface area contributed by atoms with Crippen LogP contribution < -0.4 is 4.90 Å². The molecule has 0 bridgehead atoms. The van der Waals surface area contributed by atoms with E-state index in [0.29, 0.717) is 11.2 Å². The van der Waals surface area contributed by atoms with Crippen molar-refractivity contribution in [2.75, 3.05) is 24.6 Å². The van der Waals surface area contributed by atoms with Gasteiger partial charge in [0.05, 0.1) is 26.3 Å². The molecule has 2 N–H and O–H groups in total. The zero-order valence-electron chi connectivity index (χ0n) is 15.5. The quantitative estimate of drug-likeness (QED) is 0.453. The Hall–Kier alpha value is -1.52. The van der Waals surface area contributed by atoms with E-state index in [1.54, 1.807) is 6.20 Å². The smallest absolute Gasteiger partial charge is 0.226 e. The average molecular weight is 410 g/mol. The number of hydrogen-bond acceptors (Lipinski definition) is 7. The minimum atomic E-state index is -1.12. The van der Waals surface area contributed by atoms with E-state index in [1.807, 2.05) is 0 Å². The number of halogens is 1. The highest BCUT2D eigenvalue weighted by Crippen LogP contribution is 2.36. The summed E-state index contributed by atoms with van der Waals surface area (Å²) in [4.78, 5) is 11.0. The Morgan fingerprint density at radius 1 is 1.33 bits per heavy atom. The summed E-state index contributed by atoms with van der Waals surface area (Å²) in [5.74, 6) is 0.769. The first-order chi connectivity index (χ1) is 12.8. The Labute approximate surface area is 163 Å². The summed E-state index contributed by atoms with van der Waals surface area (Å²) in [6.45, 7) is 10.3. The molecular formula is C17H24ClN5O3Si. The second kappa shape index (κ2) is 6.82. The van der Waals surface area contributed by atoms with Crippen LogP contribution in [0.15, 0.2) is 18.3 Å². The van der Waals surface area contributed by atoms with Crippen LogP contribution in [0.1, 0.15) is 6.23 Å². The Kier molecular flexibility index (Phi) is 4.75. The summed E-state index contributed by atoms with van der Waals surface area (Å²) in [6, 6.07) is 2.40. The molecule has 8 nitrogen and oxygen atoms in total. The van der Waals surface area contributed by atoms with Gasteiger partial charge in [-0.2, -0.15) is 15.1 Å². The summed E-state index contributed by atoms with van der Waals surface area (Å²) in [5, 5.41) is 25.2. The molecule has 0 aromatic carbocycles. The van der Waals surface area contributed by atoms with Gasteiger partial charge in [0.15, 0.2) is 11.9 Å². The molecule has 4 rings (SSSR count). The summed E-state index contributed by atoms with van der Waals surface area (Å²) >= 11 is 6.21. The van der Waals surface area contributed by atoms with Gasteiger partial charge in [-0.05, 0) is 29.3 Å². The van der Waals surface area contributed by atoms with Crippen molar-refractivity contribution in [3.63, 3.8) is 0 Å². The lowest BCUT2D eigenvalue weighted by atomic mass is 10.1. The molecule has 4 heterocycles. The van der Waals surface area contributed by atoms with Gasteiger partial charge in [0.1, 0.15) is 18.0 Å². The molecule has 2 aromatic rings. The zero-order chi connectivity index (χ0) is 19.3. The predicted molar refractivity (Wildman–Crippen MR) is 106 cm³/mol. The van der Waals surface area contributed by atoms with Crippen molar-refractivity contribution >= 4 is 36.5 Å². The Bertz CT molecular complexity index is 879. The molecular weight excluding hydrogens is 386 g/mol. The fourth-order valence-corrected chi connectivity index (χ4v) is 5.85. The molecule has 146 valence electrons. The second-order valence-corrected chi connectivity index (χ2v) is 13.7. The topological polar surface area (TPSA) is 96.5 Å². The molecule has 2 saturated heterocycles. The molecule has 0 spiro atoms. The summed E-state index contributed by atoms with van der Waals surface area (Å²) in [7, 11) is -1.12. The third-order valence-corrected chi connectivity index (χ3v) is 8.92. The van der Waals surface area contributed by atoms with Gasteiger partial charge < -0.3 is 19.8 Å². The van der Waals surface area contributed by atoms with Gasteiger partial charge in [0, 0.05) is 13.1 Å². The lowest BCUT2D eigenvalue weighted by Gasteiger charge is -2.36. The van der Waals surface area contributed by atoms with Crippen LogP contribution in [0, 0.1) is 0 Å². The van der Waals surface area contributed by atoms with Crippen molar-refractivity contribution in [3.05, 3.63) is 23.6 Å². The summed E-state index contributed by atoms with van der Waals surface area (Å²) in [5.41, 5.74) is 0.928. The van der Waals surface area contributed by atoms with E-state index in [4.69, 9.17) is 16.3 Å². The molecule has 2 fully saturated rings. The lowest BCUT2D eigenvalue weighted by molar-refractivity contribution is -0.0545. The predicted octanol–water partition coefficient (Wildman–Crippen LogP) is 1.81. The summed E-state index contributed by atoms with van der Waals surface area (Å²) in [6.07, 6.45) is -0.735. The molecule has 10 heteroatoms. The Morgan fingerprint density at radius 2 is 2.04 bits per heavy atom. The van der Waals surface area contributed by atoms with Gasteiger partial charge in [-0.25, -0.2) is 4.68 Å². The maximum Gasteiger partial charge on any atom is 0.226 e. The number of rotatable bonds is 3. The van der Waals surface area contributed by atoms with E-state index in [-0.39, 0.29) is 11.9 Å². The molecule has 27 heavy (non-hydrogen) atoms. The van der Waals surface area contributed by atoms with Crippen molar-refractivity contribution in [2.24, 2.45) is 0 Å². The molecule has 0 saturated carbocycles. The normalized spacial score (nSPS) is 28.3. The maximum absolute atomic E-state index is 10.5. The first-order valence-electron chi connectivity index (χ1n) is 9.09. The maximum atomic E-state index is 10.5. The fraction of sp³-hybridized carbons (Fsp3) is 0.588. The minimum Gasteiger partial charge on any atom is -0.393 e. The largest absolute Gasteiger partial charge is 0.393 e.